The summed E-state index contributed by atoms with van der Waals surface area (Å²) in [5, 5.41) is 16.8. The fourth-order valence-corrected chi connectivity index (χ4v) is 10.0. The first-order valence-corrected chi connectivity index (χ1v) is 24.3. The SMILES string of the molecule is O=S(=O)(O)C1=c2c(c3[nH]c2=NC2=NC(=Nc4[nH]c(c5cc(Oc6ccccc6)ccc45)N=C4N=C(N3)c3cc(Oc5ccccc5)ccc34)c3cc(Oc4ccccc4)ccc32)C=CC1(O)Oc1ccccc1. The van der Waals surface area contributed by atoms with E-state index in [4.69, 9.17) is 43.9 Å². The van der Waals surface area contributed by atoms with Gasteiger partial charge < -0.3 is 39.3 Å². The Labute approximate surface area is 414 Å². The molecule has 9 aromatic rings. The van der Waals surface area contributed by atoms with Crippen molar-refractivity contribution in [2.24, 2.45) is 25.0 Å². The van der Waals surface area contributed by atoms with Crippen LogP contribution in [0.4, 0.5) is 17.5 Å². The number of hydrogen-bond donors (Lipinski definition) is 5. The average Bonchev–Trinajstić information content (AvgIpc) is 4.12. The first-order valence-electron chi connectivity index (χ1n) is 22.8. The van der Waals surface area contributed by atoms with Crippen LogP contribution in [0.1, 0.15) is 27.8 Å². The summed E-state index contributed by atoms with van der Waals surface area (Å²) in [4.78, 5) is 31.2. The Bertz CT molecular complexity index is 4160. The van der Waals surface area contributed by atoms with Crippen molar-refractivity contribution in [3.63, 3.8) is 0 Å². The average molecular weight is 981 g/mol. The number of nitrogens with one attached hydrogen (secondary N) is 3. The van der Waals surface area contributed by atoms with Crippen molar-refractivity contribution in [3.05, 3.63) is 221 Å². The lowest BCUT2D eigenvalue weighted by molar-refractivity contribution is -0.0394. The van der Waals surface area contributed by atoms with Gasteiger partial charge in [0.2, 0.25) is 0 Å². The number of aromatic amines is 2. The zero-order valence-corrected chi connectivity index (χ0v) is 38.7. The van der Waals surface area contributed by atoms with E-state index in [0.29, 0.717) is 85.0 Å². The van der Waals surface area contributed by atoms with Crippen LogP contribution < -0.4 is 35.0 Å². The number of H-pyrrole nitrogens is 2. The Morgan fingerprint density at radius 1 is 0.479 bits per heavy atom. The highest BCUT2D eigenvalue weighted by Crippen LogP contribution is 2.41. The molecule has 1 unspecified atom stereocenters. The number of benzene rings is 7. The van der Waals surface area contributed by atoms with Gasteiger partial charge in [-0.05, 0) is 115 Å². The second-order valence-electron chi connectivity index (χ2n) is 17.1. The number of aromatic nitrogens is 2. The van der Waals surface area contributed by atoms with E-state index in [1.54, 1.807) is 48.5 Å². The molecule has 2 aromatic heterocycles. The van der Waals surface area contributed by atoms with Gasteiger partial charge in [0.25, 0.3) is 15.9 Å². The zero-order valence-electron chi connectivity index (χ0n) is 37.9. The molecule has 13 rings (SSSR count). The molecule has 0 radical (unpaired) electrons. The Morgan fingerprint density at radius 3 is 1.59 bits per heavy atom. The number of anilines is 1. The van der Waals surface area contributed by atoms with Gasteiger partial charge in [0, 0.05) is 38.6 Å². The van der Waals surface area contributed by atoms with Gasteiger partial charge in [-0.15, -0.1) is 0 Å². The highest BCUT2D eigenvalue weighted by Gasteiger charge is 2.44. The number of aliphatic hydroxyl groups is 1. The van der Waals surface area contributed by atoms with Gasteiger partial charge in [-0.3, -0.25) is 4.55 Å². The van der Waals surface area contributed by atoms with Gasteiger partial charge in [-0.25, -0.2) is 25.0 Å². The van der Waals surface area contributed by atoms with E-state index < -0.39 is 20.8 Å². The number of rotatable bonds is 9. The van der Waals surface area contributed by atoms with Crippen molar-refractivity contribution < 1.29 is 37.0 Å². The molecule has 73 heavy (non-hydrogen) atoms. The van der Waals surface area contributed by atoms with Crippen LogP contribution in [0.2, 0.25) is 0 Å². The molecule has 7 aromatic carbocycles. The van der Waals surface area contributed by atoms with Crippen LogP contribution in [0.5, 0.6) is 40.2 Å². The van der Waals surface area contributed by atoms with Gasteiger partial charge in [0.1, 0.15) is 69.0 Å². The number of aliphatic imine (C=N–C) groups is 4. The minimum absolute atomic E-state index is 0.111. The number of para-hydroxylation sites is 4. The van der Waals surface area contributed by atoms with Crippen molar-refractivity contribution in [1.29, 1.82) is 0 Å². The normalized spacial score (nSPS) is 16.2. The first-order chi connectivity index (χ1) is 35.6. The standard InChI is InChI=1S/C56H36N8O8S/c65-56(72-35-19-11-4-12-20-35)28-27-42-46(47(56)73(66,67)68)55-63-50-41-26-23-38(71-34-17-9-3-10-18-34)31-45(41)53(61-50)59-48-39-24-21-36(69-32-13-5-1-6-14-32)29-43(39)52(57-48)58-49-40-25-22-37(70-33-15-7-2-8-16-33)30-44(40)54(60-49)62-51(42)64-55/h1-31,57,65H,(H,58,60,62)(H,66,67,68)(H,59,61,63,64). The lowest BCUT2D eigenvalue weighted by Crippen LogP contribution is -2.47. The first kappa shape index (κ1) is 43.3. The monoisotopic (exact) mass is 980 g/mol. The molecule has 8 bridgehead atoms. The summed E-state index contributed by atoms with van der Waals surface area (Å²) in [6, 6.07) is 52.7. The highest BCUT2D eigenvalue weighted by molar-refractivity contribution is 7.95. The largest absolute Gasteiger partial charge is 0.457 e. The molecular weight excluding hydrogens is 945 g/mol. The Balaban J connectivity index is 1.07. The summed E-state index contributed by atoms with van der Waals surface area (Å²) >= 11 is 0. The van der Waals surface area contributed by atoms with E-state index >= 15 is 0 Å². The third-order valence-electron chi connectivity index (χ3n) is 12.3. The van der Waals surface area contributed by atoms with Gasteiger partial charge >= 0.3 is 0 Å². The lowest BCUT2D eigenvalue weighted by Gasteiger charge is -2.28. The smallest absolute Gasteiger partial charge is 0.298 e. The van der Waals surface area contributed by atoms with Crippen LogP contribution in [0, 0.1) is 0 Å². The van der Waals surface area contributed by atoms with Crippen molar-refractivity contribution in [2.75, 3.05) is 5.32 Å². The van der Waals surface area contributed by atoms with Crippen LogP contribution in [-0.4, -0.2) is 57.2 Å². The van der Waals surface area contributed by atoms with E-state index in [9.17, 15) is 18.1 Å². The Hall–Kier alpha value is -9.68. The summed E-state index contributed by atoms with van der Waals surface area (Å²) in [5.41, 5.74) is 2.32. The van der Waals surface area contributed by atoms with Crippen molar-refractivity contribution in [2.45, 2.75) is 5.79 Å². The van der Waals surface area contributed by atoms with Crippen molar-refractivity contribution in [3.8, 4) is 40.2 Å². The van der Waals surface area contributed by atoms with E-state index in [2.05, 4.69) is 15.3 Å². The summed E-state index contributed by atoms with van der Waals surface area (Å²) in [6.45, 7) is 0. The number of amidine groups is 4. The van der Waals surface area contributed by atoms with Crippen LogP contribution in [0.15, 0.2) is 207 Å². The second-order valence-corrected chi connectivity index (χ2v) is 18.4. The summed E-state index contributed by atoms with van der Waals surface area (Å²) < 4.78 is 63.6. The highest BCUT2D eigenvalue weighted by atomic mass is 32.2. The fraction of sp³-hybridized carbons (Fsp3) is 0.0179. The number of hydrogen-bond acceptors (Lipinski definition) is 13. The number of ether oxygens (including phenoxy) is 4. The Kier molecular flexibility index (Phi) is 10.1. The second kappa shape index (κ2) is 17.0. The zero-order chi connectivity index (χ0) is 49.3. The molecule has 5 N–H and O–H groups in total. The number of fused-ring (bicyclic) bond motifs is 18. The fourth-order valence-electron chi connectivity index (χ4n) is 9.06. The molecule has 0 amide bonds. The summed E-state index contributed by atoms with van der Waals surface area (Å²) in [7, 11) is -5.28. The van der Waals surface area contributed by atoms with Crippen molar-refractivity contribution >= 4 is 72.7 Å². The van der Waals surface area contributed by atoms with Gasteiger partial charge in [0.05, 0.1) is 5.22 Å². The molecular formula is C56H36N8O8S. The van der Waals surface area contributed by atoms with E-state index in [-0.39, 0.29) is 45.3 Å². The van der Waals surface area contributed by atoms with Crippen LogP contribution in [-0.2, 0) is 10.1 Å². The third kappa shape index (κ3) is 8.00. The molecule has 0 fully saturated rings. The molecule has 4 aliphatic rings. The molecule has 0 saturated carbocycles. The van der Waals surface area contributed by atoms with E-state index in [1.165, 1.54) is 6.08 Å². The maximum absolute atomic E-state index is 13.8. The predicted octanol–water partition coefficient (Wildman–Crippen LogP) is 10.1. The molecule has 3 aliphatic heterocycles. The van der Waals surface area contributed by atoms with Crippen LogP contribution in [0.25, 0.3) is 21.8 Å². The maximum Gasteiger partial charge on any atom is 0.298 e. The predicted molar refractivity (Wildman–Crippen MR) is 277 cm³/mol. The molecule has 17 heteroatoms. The molecule has 1 atom stereocenters. The lowest BCUT2D eigenvalue weighted by atomic mass is 10.0. The molecule has 16 nitrogen and oxygen atoms in total. The molecule has 5 heterocycles. The van der Waals surface area contributed by atoms with Crippen molar-refractivity contribution in [1.82, 2.24) is 9.97 Å². The summed E-state index contributed by atoms with van der Waals surface area (Å²) in [6.07, 6.45) is 2.62. The third-order valence-corrected chi connectivity index (χ3v) is 13.3. The van der Waals surface area contributed by atoms with Crippen LogP contribution in [0.3, 0.4) is 0 Å². The number of nitrogens with zero attached hydrogens (tertiary/aromatic N) is 5. The minimum Gasteiger partial charge on any atom is -0.457 e. The molecule has 0 saturated heterocycles. The summed E-state index contributed by atoms with van der Waals surface area (Å²) in [5.74, 6) is 2.74. The van der Waals surface area contributed by atoms with Gasteiger partial charge in [0.15, 0.2) is 22.4 Å². The Morgan fingerprint density at radius 2 is 0.986 bits per heavy atom. The minimum atomic E-state index is -5.28. The van der Waals surface area contributed by atoms with Crippen LogP contribution >= 0.6 is 0 Å². The molecule has 1 aliphatic carbocycles. The molecule has 354 valence electrons. The van der Waals surface area contributed by atoms with Gasteiger partial charge in [-0.1, -0.05) is 72.8 Å². The van der Waals surface area contributed by atoms with E-state index in [0.717, 1.165) is 6.08 Å². The maximum atomic E-state index is 13.8. The quantitative estimate of drug-likeness (QED) is 0.0686. The topological polar surface area (TPSA) is 217 Å². The molecule has 0 spiro atoms. The van der Waals surface area contributed by atoms with E-state index in [1.807, 2.05) is 127 Å². The van der Waals surface area contributed by atoms with Gasteiger partial charge in [-0.2, -0.15) is 8.42 Å².